The monoisotopic (exact) mass is 344 g/mol. The molecule has 0 saturated carbocycles. The minimum absolute atomic E-state index is 0.200. The third kappa shape index (κ3) is 2.36. The third-order valence-corrected chi connectivity index (χ3v) is 5.03. The molecule has 4 rings (SSSR count). The fourth-order valence-corrected chi connectivity index (χ4v) is 3.73. The van der Waals surface area contributed by atoms with Gasteiger partial charge in [0.25, 0.3) is 5.91 Å². The van der Waals surface area contributed by atoms with Gasteiger partial charge >= 0.3 is 6.09 Å². The molecule has 7 nitrogen and oxygen atoms in total. The number of rotatable bonds is 1. The Balaban J connectivity index is 1.77. The molecule has 1 spiro atoms. The maximum absolute atomic E-state index is 14.1. The SMILES string of the molecule is COC(=O)N1CCC2(CNC(=O)c3cc(-c4ccncc4F)[nH]c32)C1. The Bertz CT molecular complexity index is 865. The minimum Gasteiger partial charge on any atom is -0.453 e. The quantitative estimate of drug-likeness (QED) is 0.824. The van der Waals surface area contributed by atoms with Gasteiger partial charge in [0.15, 0.2) is 5.82 Å². The summed E-state index contributed by atoms with van der Waals surface area (Å²) < 4.78 is 18.9. The summed E-state index contributed by atoms with van der Waals surface area (Å²) in [5, 5.41) is 2.88. The summed E-state index contributed by atoms with van der Waals surface area (Å²) >= 11 is 0. The van der Waals surface area contributed by atoms with Crippen LogP contribution in [0.2, 0.25) is 0 Å². The van der Waals surface area contributed by atoms with Gasteiger partial charge in [-0.3, -0.25) is 9.78 Å². The molecule has 1 atom stereocenters. The Hall–Kier alpha value is -2.90. The summed E-state index contributed by atoms with van der Waals surface area (Å²) in [5.41, 5.74) is 1.70. The molecule has 0 bridgehead atoms. The summed E-state index contributed by atoms with van der Waals surface area (Å²) in [6.07, 6.45) is 2.94. The van der Waals surface area contributed by atoms with Crippen LogP contribution < -0.4 is 5.32 Å². The molecule has 0 aromatic carbocycles. The van der Waals surface area contributed by atoms with Crippen LogP contribution in [0, 0.1) is 5.82 Å². The first-order valence-electron chi connectivity index (χ1n) is 7.98. The van der Waals surface area contributed by atoms with Crippen molar-refractivity contribution in [3.8, 4) is 11.3 Å². The van der Waals surface area contributed by atoms with Crippen molar-refractivity contribution >= 4 is 12.0 Å². The zero-order valence-electron chi connectivity index (χ0n) is 13.6. The van der Waals surface area contributed by atoms with Crippen molar-refractivity contribution < 1.29 is 18.7 Å². The number of aromatic nitrogens is 2. The highest BCUT2D eigenvalue weighted by molar-refractivity contribution is 5.98. The van der Waals surface area contributed by atoms with Crippen molar-refractivity contribution in [2.45, 2.75) is 11.8 Å². The van der Waals surface area contributed by atoms with Crippen LogP contribution in [-0.2, 0) is 10.2 Å². The van der Waals surface area contributed by atoms with Crippen LogP contribution in [0.3, 0.4) is 0 Å². The highest BCUT2D eigenvalue weighted by Gasteiger charge is 2.47. The van der Waals surface area contributed by atoms with E-state index in [1.165, 1.54) is 13.3 Å². The van der Waals surface area contributed by atoms with Gasteiger partial charge in [-0.15, -0.1) is 0 Å². The molecule has 2 aromatic heterocycles. The number of carbonyl (C=O) groups excluding carboxylic acids is 2. The van der Waals surface area contributed by atoms with E-state index in [9.17, 15) is 14.0 Å². The topological polar surface area (TPSA) is 87.3 Å². The molecule has 1 fully saturated rings. The van der Waals surface area contributed by atoms with Gasteiger partial charge in [-0.2, -0.15) is 0 Å². The predicted octanol–water partition coefficient (Wildman–Crippen LogP) is 1.67. The van der Waals surface area contributed by atoms with Crippen LogP contribution in [0.25, 0.3) is 11.3 Å². The predicted molar refractivity (Wildman–Crippen MR) is 86.6 cm³/mol. The molecule has 8 heteroatoms. The van der Waals surface area contributed by atoms with Crippen molar-refractivity contribution in [1.82, 2.24) is 20.2 Å². The van der Waals surface area contributed by atoms with Crippen molar-refractivity contribution in [3.63, 3.8) is 0 Å². The number of ether oxygens (including phenoxy) is 1. The van der Waals surface area contributed by atoms with Crippen molar-refractivity contribution in [1.29, 1.82) is 0 Å². The third-order valence-electron chi connectivity index (χ3n) is 5.03. The van der Waals surface area contributed by atoms with E-state index in [0.717, 1.165) is 11.9 Å². The lowest BCUT2D eigenvalue weighted by molar-refractivity contribution is 0.0923. The van der Waals surface area contributed by atoms with Gasteiger partial charge in [0, 0.05) is 48.2 Å². The molecule has 1 unspecified atom stereocenters. The molecule has 4 heterocycles. The minimum atomic E-state index is -0.460. The van der Waals surface area contributed by atoms with E-state index in [4.69, 9.17) is 4.74 Å². The van der Waals surface area contributed by atoms with E-state index >= 15 is 0 Å². The van der Waals surface area contributed by atoms with Gasteiger partial charge in [-0.1, -0.05) is 0 Å². The van der Waals surface area contributed by atoms with Crippen LogP contribution in [-0.4, -0.2) is 53.6 Å². The van der Waals surface area contributed by atoms with Gasteiger partial charge in [-0.25, -0.2) is 9.18 Å². The smallest absolute Gasteiger partial charge is 0.409 e. The number of hydrogen-bond donors (Lipinski definition) is 2. The summed E-state index contributed by atoms with van der Waals surface area (Å²) in [5.74, 6) is -0.660. The number of pyridine rings is 1. The van der Waals surface area contributed by atoms with E-state index < -0.39 is 11.2 Å². The molecule has 2 aliphatic heterocycles. The summed E-state index contributed by atoms with van der Waals surface area (Å²) in [6.45, 7) is 1.40. The second kappa shape index (κ2) is 5.58. The highest BCUT2D eigenvalue weighted by Crippen LogP contribution is 2.40. The van der Waals surface area contributed by atoms with Gasteiger partial charge in [0.05, 0.1) is 18.9 Å². The van der Waals surface area contributed by atoms with E-state index in [2.05, 4.69) is 15.3 Å². The van der Waals surface area contributed by atoms with E-state index in [-0.39, 0.29) is 12.0 Å². The van der Waals surface area contributed by atoms with Crippen molar-refractivity contribution in [3.05, 3.63) is 41.6 Å². The first-order chi connectivity index (χ1) is 12.0. The number of hydrogen-bond acceptors (Lipinski definition) is 4. The molecule has 0 radical (unpaired) electrons. The largest absolute Gasteiger partial charge is 0.453 e. The number of methoxy groups -OCH3 is 1. The highest BCUT2D eigenvalue weighted by atomic mass is 19.1. The number of fused-ring (bicyclic) bond motifs is 2. The fourth-order valence-electron chi connectivity index (χ4n) is 3.73. The molecule has 0 aliphatic carbocycles. The van der Waals surface area contributed by atoms with Gasteiger partial charge in [0.1, 0.15) is 0 Å². The number of nitrogens with zero attached hydrogens (tertiary/aromatic N) is 2. The zero-order chi connectivity index (χ0) is 17.6. The van der Waals surface area contributed by atoms with E-state index in [1.54, 1.807) is 17.0 Å². The van der Waals surface area contributed by atoms with Gasteiger partial charge < -0.3 is 19.9 Å². The molecule has 1 saturated heterocycles. The van der Waals surface area contributed by atoms with Crippen LogP contribution >= 0.6 is 0 Å². The number of halogens is 1. The molecular formula is C17H17FN4O3. The molecular weight excluding hydrogens is 327 g/mol. The molecule has 2 amide bonds. The molecule has 130 valence electrons. The molecule has 25 heavy (non-hydrogen) atoms. The lowest BCUT2D eigenvalue weighted by Gasteiger charge is -2.33. The molecule has 2 N–H and O–H groups in total. The first kappa shape index (κ1) is 15.6. The van der Waals surface area contributed by atoms with Crippen LogP contribution in [0.1, 0.15) is 22.5 Å². The Morgan fingerprint density at radius 1 is 1.44 bits per heavy atom. The number of amides is 2. The zero-order valence-corrected chi connectivity index (χ0v) is 13.6. The maximum Gasteiger partial charge on any atom is 0.409 e. The number of H-pyrrole nitrogens is 1. The van der Waals surface area contributed by atoms with Crippen LogP contribution in [0.15, 0.2) is 24.5 Å². The Morgan fingerprint density at radius 3 is 3.04 bits per heavy atom. The van der Waals surface area contributed by atoms with Crippen molar-refractivity contribution in [2.75, 3.05) is 26.7 Å². The Kier molecular flexibility index (Phi) is 3.48. The average molecular weight is 344 g/mol. The standard InChI is InChI=1S/C17H17FN4O3/c1-25-16(24)22-5-3-17(9-22)8-20-15(23)11-6-13(21-14(11)17)10-2-4-19-7-12(10)18/h2,4,6-7,21H,3,5,8-9H2,1H3,(H,20,23). The lowest BCUT2D eigenvalue weighted by atomic mass is 9.79. The number of likely N-dealkylation sites (tertiary alicyclic amines) is 1. The summed E-state index contributed by atoms with van der Waals surface area (Å²) in [6, 6.07) is 3.22. The maximum atomic E-state index is 14.1. The van der Waals surface area contributed by atoms with E-state index in [1.807, 2.05) is 0 Å². The number of carbonyl (C=O) groups is 2. The normalized spacial score (nSPS) is 22.0. The average Bonchev–Trinajstić information content (AvgIpc) is 3.25. The summed E-state index contributed by atoms with van der Waals surface area (Å²) in [4.78, 5) is 32.7. The number of nitrogens with one attached hydrogen (secondary N) is 2. The van der Waals surface area contributed by atoms with Crippen molar-refractivity contribution in [2.24, 2.45) is 0 Å². The Morgan fingerprint density at radius 2 is 2.28 bits per heavy atom. The van der Waals surface area contributed by atoms with Gasteiger partial charge in [-0.05, 0) is 18.6 Å². The van der Waals surface area contributed by atoms with E-state index in [0.29, 0.717) is 42.9 Å². The van der Waals surface area contributed by atoms with Crippen LogP contribution in [0.4, 0.5) is 9.18 Å². The molecule has 2 aromatic rings. The fraction of sp³-hybridized carbons (Fsp3) is 0.353. The lowest BCUT2D eigenvalue weighted by Crippen LogP contribution is -2.48. The summed E-state index contributed by atoms with van der Waals surface area (Å²) in [7, 11) is 1.35. The second-order valence-electron chi connectivity index (χ2n) is 6.43. The van der Waals surface area contributed by atoms with Crippen LogP contribution in [0.5, 0.6) is 0 Å². The Labute approximate surface area is 143 Å². The second-order valence-corrected chi connectivity index (χ2v) is 6.43. The van der Waals surface area contributed by atoms with Gasteiger partial charge in [0.2, 0.25) is 0 Å². The first-order valence-corrected chi connectivity index (χ1v) is 7.98. The number of aromatic amines is 1. The molecule has 2 aliphatic rings.